The van der Waals surface area contributed by atoms with Gasteiger partial charge in [0.25, 0.3) is 0 Å². The Kier molecular flexibility index (Phi) is 5.01. The van der Waals surface area contributed by atoms with Crippen molar-refractivity contribution in [1.29, 1.82) is 0 Å². The smallest absolute Gasteiger partial charge is 0.226 e. The zero-order valence-electron chi connectivity index (χ0n) is 15.3. The summed E-state index contributed by atoms with van der Waals surface area (Å²) in [7, 11) is 0. The minimum Gasteiger partial charge on any atom is -0.338 e. The van der Waals surface area contributed by atoms with Gasteiger partial charge >= 0.3 is 0 Å². The number of ketones is 1. The molecule has 1 aliphatic heterocycles. The Morgan fingerprint density at radius 2 is 1.48 bits per heavy atom. The molecular formula is C24H23NO2. The highest BCUT2D eigenvalue weighted by Crippen LogP contribution is 2.31. The molecule has 2 aromatic carbocycles. The molecule has 2 aliphatic rings. The molecule has 1 aliphatic carbocycles. The first kappa shape index (κ1) is 17.5. The first-order valence-electron chi connectivity index (χ1n) is 9.53. The van der Waals surface area contributed by atoms with Crippen molar-refractivity contribution >= 4 is 22.8 Å². The van der Waals surface area contributed by atoms with E-state index in [-0.39, 0.29) is 17.6 Å². The largest absolute Gasteiger partial charge is 0.338 e. The number of amides is 1. The van der Waals surface area contributed by atoms with Crippen LogP contribution in [0.25, 0.3) is 11.1 Å². The van der Waals surface area contributed by atoms with E-state index in [1.807, 2.05) is 53.4 Å². The monoisotopic (exact) mass is 357 g/mol. The van der Waals surface area contributed by atoms with Gasteiger partial charge in [-0.1, -0.05) is 66.7 Å². The van der Waals surface area contributed by atoms with E-state index in [9.17, 15) is 9.59 Å². The number of allylic oxidation sites excluding steroid dienone is 2. The number of rotatable bonds is 3. The Labute approximate surface area is 160 Å². The van der Waals surface area contributed by atoms with Gasteiger partial charge < -0.3 is 4.90 Å². The molecule has 0 saturated carbocycles. The van der Waals surface area contributed by atoms with E-state index in [2.05, 4.69) is 18.2 Å². The quantitative estimate of drug-likeness (QED) is 0.818. The number of hydrogen-bond donors (Lipinski definition) is 0. The van der Waals surface area contributed by atoms with Gasteiger partial charge in [-0.15, -0.1) is 0 Å². The Balaban J connectivity index is 1.45. The lowest BCUT2D eigenvalue weighted by molar-refractivity contribution is -0.137. The Bertz CT molecular complexity index is 896. The molecule has 1 amide bonds. The summed E-state index contributed by atoms with van der Waals surface area (Å²) >= 11 is 0. The van der Waals surface area contributed by atoms with E-state index < -0.39 is 0 Å². The van der Waals surface area contributed by atoms with Crippen LogP contribution in [0, 0.1) is 5.92 Å². The van der Waals surface area contributed by atoms with E-state index in [0.29, 0.717) is 25.9 Å². The van der Waals surface area contributed by atoms with Gasteiger partial charge in [-0.3, -0.25) is 9.59 Å². The van der Waals surface area contributed by atoms with Gasteiger partial charge in [0.05, 0.1) is 0 Å². The van der Waals surface area contributed by atoms with Gasteiger partial charge in [0.15, 0.2) is 5.78 Å². The molecule has 0 radical (unpaired) electrons. The third kappa shape index (κ3) is 3.92. The topological polar surface area (TPSA) is 37.4 Å². The van der Waals surface area contributed by atoms with Crippen molar-refractivity contribution in [2.75, 3.05) is 13.1 Å². The summed E-state index contributed by atoms with van der Waals surface area (Å²) in [4.78, 5) is 27.2. The van der Waals surface area contributed by atoms with Crippen molar-refractivity contribution in [2.24, 2.45) is 5.92 Å². The Morgan fingerprint density at radius 1 is 0.852 bits per heavy atom. The first-order chi connectivity index (χ1) is 13.2. The average Bonchev–Trinajstić information content (AvgIpc) is 2.74. The molecule has 0 spiro atoms. The summed E-state index contributed by atoms with van der Waals surface area (Å²) in [6.45, 7) is 1.34. The molecule has 0 fully saturated rings. The molecule has 3 nitrogen and oxygen atoms in total. The molecule has 0 saturated heterocycles. The number of nitrogens with zero attached hydrogens (tertiary/aromatic N) is 1. The molecule has 0 bridgehead atoms. The van der Waals surface area contributed by atoms with Gasteiger partial charge in [-0.05, 0) is 41.2 Å². The van der Waals surface area contributed by atoms with Crippen LogP contribution in [0.2, 0.25) is 0 Å². The molecule has 1 heterocycles. The van der Waals surface area contributed by atoms with Crippen LogP contribution in [-0.4, -0.2) is 29.7 Å². The standard InChI is InChI=1S/C24H23NO2/c26-23-16-21(19-9-5-2-6-10-19)15-22(17-23)24(27)25-13-11-20(12-14-25)18-7-3-1-4-8-18/h1-11,16,22H,12-15,17H2. The van der Waals surface area contributed by atoms with Crippen LogP contribution < -0.4 is 0 Å². The Morgan fingerprint density at radius 3 is 2.07 bits per heavy atom. The van der Waals surface area contributed by atoms with Crippen molar-refractivity contribution in [3.63, 3.8) is 0 Å². The van der Waals surface area contributed by atoms with E-state index >= 15 is 0 Å². The SMILES string of the molecule is O=C1C=C(c2ccccc2)CC(C(=O)N2CC=C(c3ccccc3)CC2)C1. The molecular weight excluding hydrogens is 334 g/mol. The average molecular weight is 357 g/mol. The van der Waals surface area contributed by atoms with E-state index in [4.69, 9.17) is 0 Å². The predicted molar refractivity (Wildman–Crippen MR) is 108 cm³/mol. The maximum Gasteiger partial charge on any atom is 0.226 e. The summed E-state index contributed by atoms with van der Waals surface area (Å²) in [5.41, 5.74) is 4.53. The number of carbonyl (C=O) groups excluding carboxylic acids is 2. The van der Waals surface area contributed by atoms with Crippen LogP contribution in [0.5, 0.6) is 0 Å². The van der Waals surface area contributed by atoms with E-state index in [1.165, 1.54) is 11.1 Å². The van der Waals surface area contributed by atoms with Gasteiger partial charge in [-0.2, -0.15) is 0 Å². The van der Waals surface area contributed by atoms with Crippen molar-refractivity contribution in [3.05, 3.63) is 83.9 Å². The maximum absolute atomic E-state index is 13.0. The zero-order chi connectivity index (χ0) is 18.6. The molecule has 136 valence electrons. The molecule has 1 atom stereocenters. The van der Waals surface area contributed by atoms with Gasteiger partial charge in [0, 0.05) is 25.4 Å². The van der Waals surface area contributed by atoms with Crippen LogP contribution in [0.4, 0.5) is 0 Å². The summed E-state index contributed by atoms with van der Waals surface area (Å²) in [6, 6.07) is 20.2. The predicted octanol–water partition coefficient (Wildman–Crippen LogP) is 4.37. The van der Waals surface area contributed by atoms with Crippen LogP contribution in [-0.2, 0) is 9.59 Å². The molecule has 1 unspecified atom stereocenters. The fourth-order valence-electron chi connectivity index (χ4n) is 3.96. The Hall–Kier alpha value is -2.94. The lowest BCUT2D eigenvalue weighted by Crippen LogP contribution is -2.40. The second kappa shape index (κ2) is 7.75. The van der Waals surface area contributed by atoms with E-state index in [1.54, 1.807) is 6.08 Å². The van der Waals surface area contributed by atoms with Gasteiger partial charge in [-0.25, -0.2) is 0 Å². The first-order valence-corrected chi connectivity index (χ1v) is 9.53. The van der Waals surface area contributed by atoms with Gasteiger partial charge in [0.2, 0.25) is 5.91 Å². The minimum atomic E-state index is -0.246. The molecule has 3 heteroatoms. The van der Waals surface area contributed by atoms with Crippen LogP contribution in [0.1, 0.15) is 30.4 Å². The fraction of sp³-hybridized carbons (Fsp3) is 0.250. The molecule has 4 rings (SSSR count). The van der Waals surface area contributed by atoms with Crippen molar-refractivity contribution in [2.45, 2.75) is 19.3 Å². The molecule has 0 aromatic heterocycles. The summed E-state index contributed by atoms with van der Waals surface area (Å²) in [6.07, 6.45) is 5.68. The van der Waals surface area contributed by atoms with Crippen molar-refractivity contribution in [1.82, 2.24) is 4.90 Å². The number of hydrogen-bond acceptors (Lipinski definition) is 2. The zero-order valence-corrected chi connectivity index (χ0v) is 15.3. The van der Waals surface area contributed by atoms with Crippen LogP contribution in [0.15, 0.2) is 72.8 Å². The second-order valence-corrected chi connectivity index (χ2v) is 7.24. The van der Waals surface area contributed by atoms with Gasteiger partial charge in [0.1, 0.15) is 0 Å². The summed E-state index contributed by atoms with van der Waals surface area (Å²) < 4.78 is 0. The third-order valence-electron chi connectivity index (χ3n) is 5.41. The third-order valence-corrected chi connectivity index (χ3v) is 5.41. The lowest BCUT2D eigenvalue weighted by atomic mass is 9.84. The minimum absolute atomic E-state index is 0.0518. The lowest BCUT2D eigenvalue weighted by Gasteiger charge is -2.31. The molecule has 0 N–H and O–H groups in total. The molecule has 2 aromatic rings. The van der Waals surface area contributed by atoms with Crippen molar-refractivity contribution in [3.8, 4) is 0 Å². The number of benzene rings is 2. The highest BCUT2D eigenvalue weighted by atomic mass is 16.2. The second-order valence-electron chi connectivity index (χ2n) is 7.24. The summed E-state index contributed by atoms with van der Waals surface area (Å²) in [5.74, 6) is -0.0893. The maximum atomic E-state index is 13.0. The highest BCUT2D eigenvalue weighted by Gasteiger charge is 2.31. The summed E-state index contributed by atoms with van der Waals surface area (Å²) in [5, 5.41) is 0. The highest BCUT2D eigenvalue weighted by molar-refractivity contribution is 6.02. The van der Waals surface area contributed by atoms with E-state index in [0.717, 1.165) is 17.6 Å². The fourth-order valence-corrected chi connectivity index (χ4v) is 3.96. The van der Waals surface area contributed by atoms with Crippen LogP contribution in [0.3, 0.4) is 0 Å². The number of carbonyl (C=O) groups is 2. The van der Waals surface area contributed by atoms with Crippen LogP contribution >= 0.6 is 0 Å². The normalized spacial score (nSPS) is 20.1. The molecule has 27 heavy (non-hydrogen) atoms. The van der Waals surface area contributed by atoms with Crippen molar-refractivity contribution < 1.29 is 9.59 Å².